The van der Waals surface area contributed by atoms with Gasteiger partial charge < -0.3 is 10.2 Å². The number of nitrogens with zero attached hydrogens (tertiary/aromatic N) is 1. The Labute approximate surface area is 144 Å². The van der Waals surface area contributed by atoms with Crippen LogP contribution < -0.4 is 5.32 Å². The molecule has 0 aliphatic carbocycles. The van der Waals surface area contributed by atoms with Crippen molar-refractivity contribution >= 4 is 24.0 Å². The van der Waals surface area contributed by atoms with Gasteiger partial charge in [0.1, 0.15) is 0 Å². The van der Waals surface area contributed by atoms with Gasteiger partial charge in [0.15, 0.2) is 0 Å². The Hall–Kier alpha value is -2.00. The van der Waals surface area contributed by atoms with E-state index in [0.29, 0.717) is 13.1 Å². The van der Waals surface area contributed by atoms with E-state index in [4.69, 9.17) is 0 Å². The molecule has 1 N–H and O–H groups in total. The first-order valence-corrected chi connectivity index (χ1v) is 7.98. The van der Waals surface area contributed by atoms with Gasteiger partial charge in [0, 0.05) is 30.9 Å². The Morgan fingerprint density at radius 1 is 1.13 bits per heavy atom. The molecule has 2 aromatic carbocycles. The summed E-state index contributed by atoms with van der Waals surface area (Å²) >= 11 is 0. The molecular formula is C19H23ClN2O. The van der Waals surface area contributed by atoms with Gasteiger partial charge in [0.25, 0.3) is 5.91 Å². The molecule has 0 bridgehead atoms. The number of fused-ring (bicyclic) bond motifs is 1. The van der Waals surface area contributed by atoms with Crippen molar-refractivity contribution < 1.29 is 4.79 Å². The fraction of sp³-hybridized carbons (Fsp3) is 0.316. The molecular weight excluding hydrogens is 308 g/mol. The van der Waals surface area contributed by atoms with Gasteiger partial charge in [-0.15, -0.1) is 12.4 Å². The Morgan fingerprint density at radius 3 is 2.65 bits per heavy atom. The first kappa shape index (κ1) is 17.4. The van der Waals surface area contributed by atoms with Crippen LogP contribution in [0.1, 0.15) is 34.8 Å². The SMILES string of the molecule is CCN(Cc1ccccc1)C(=O)c1cccc2c1CCCN2.Cl. The summed E-state index contributed by atoms with van der Waals surface area (Å²) in [6, 6.07) is 16.2. The Balaban J connectivity index is 0.00000192. The van der Waals surface area contributed by atoms with Crippen LogP contribution in [0.25, 0.3) is 0 Å². The third-order valence-electron chi connectivity index (χ3n) is 4.21. The number of halogens is 1. The molecule has 4 heteroatoms. The van der Waals surface area contributed by atoms with Crippen LogP contribution >= 0.6 is 12.4 Å². The van der Waals surface area contributed by atoms with Crippen LogP contribution in [0.5, 0.6) is 0 Å². The number of anilines is 1. The van der Waals surface area contributed by atoms with Crippen LogP contribution in [0.15, 0.2) is 48.5 Å². The molecule has 1 aliphatic heterocycles. The average molecular weight is 331 g/mol. The van der Waals surface area contributed by atoms with E-state index in [0.717, 1.165) is 30.6 Å². The first-order valence-electron chi connectivity index (χ1n) is 7.98. The topological polar surface area (TPSA) is 32.3 Å². The van der Waals surface area contributed by atoms with E-state index >= 15 is 0 Å². The van der Waals surface area contributed by atoms with Gasteiger partial charge in [-0.05, 0) is 43.0 Å². The Bertz CT molecular complexity index is 658. The predicted octanol–water partition coefficient (Wildman–Crippen LogP) is 4.13. The largest absolute Gasteiger partial charge is 0.385 e. The molecule has 0 unspecified atom stereocenters. The van der Waals surface area contributed by atoms with Crippen LogP contribution in [0.2, 0.25) is 0 Å². The summed E-state index contributed by atoms with van der Waals surface area (Å²) in [5.41, 5.74) is 4.31. The molecule has 0 atom stereocenters. The zero-order valence-electron chi connectivity index (χ0n) is 13.4. The molecule has 3 nitrogen and oxygen atoms in total. The molecule has 0 saturated carbocycles. The van der Waals surface area contributed by atoms with Gasteiger partial charge in [-0.2, -0.15) is 0 Å². The summed E-state index contributed by atoms with van der Waals surface area (Å²) in [5.74, 6) is 0.131. The second-order valence-corrected chi connectivity index (χ2v) is 5.67. The van der Waals surface area contributed by atoms with E-state index in [2.05, 4.69) is 23.5 Å². The van der Waals surface area contributed by atoms with Crippen molar-refractivity contribution in [2.75, 3.05) is 18.4 Å². The second kappa shape index (κ2) is 8.02. The molecule has 0 saturated heterocycles. The fourth-order valence-corrected chi connectivity index (χ4v) is 3.01. The van der Waals surface area contributed by atoms with Gasteiger partial charge in [0.05, 0.1) is 0 Å². The summed E-state index contributed by atoms with van der Waals surface area (Å²) in [6.07, 6.45) is 2.06. The number of benzene rings is 2. The summed E-state index contributed by atoms with van der Waals surface area (Å²) in [6.45, 7) is 4.40. The van der Waals surface area contributed by atoms with Crippen molar-refractivity contribution in [3.63, 3.8) is 0 Å². The van der Waals surface area contributed by atoms with E-state index in [1.54, 1.807) is 0 Å². The highest BCUT2D eigenvalue weighted by Crippen LogP contribution is 2.26. The van der Waals surface area contributed by atoms with Gasteiger partial charge in [-0.1, -0.05) is 36.4 Å². The highest BCUT2D eigenvalue weighted by Gasteiger charge is 2.21. The minimum atomic E-state index is 0. The molecule has 0 spiro atoms. The third kappa shape index (κ3) is 3.85. The van der Waals surface area contributed by atoms with Crippen molar-refractivity contribution in [2.24, 2.45) is 0 Å². The van der Waals surface area contributed by atoms with Crippen molar-refractivity contribution in [1.82, 2.24) is 4.90 Å². The van der Waals surface area contributed by atoms with Gasteiger partial charge >= 0.3 is 0 Å². The van der Waals surface area contributed by atoms with Crippen LogP contribution in [0.3, 0.4) is 0 Å². The lowest BCUT2D eigenvalue weighted by molar-refractivity contribution is 0.0751. The lowest BCUT2D eigenvalue weighted by Crippen LogP contribution is -2.31. The van der Waals surface area contributed by atoms with Gasteiger partial charge in [-0.3, -0.25) is 4.79 Å². The molecule has 2 aromatic rings. The van der Waals surface area contributed by atoms with Crippen molar-refractivity contribution in [3.8, 4) is 0 Å². The maximum absolute atomic E-state index is 13.0. The molecule has 23 heavy (non-hydrogen) atoms. The number of hydrogen-bond acceptors (Lipinski definition) is 2. The number of rotatable bonds is 4. The van der Waals surface area contributed by atoms with E-state index < -0.39 is 0 Å². The van der Waals surface area contributed by atoms with E-state index in [1.807, 2.05) is 42.2 Å². The standard InChI is InChI=1S/C19H22N2O.ClH/c1-2-21(14-15-8-4-3-5-9-15)19(22)17-10-6-12-18-16(17)11-7-13-20-18;/h3-6,8-10,12,20H,2,7,11,13-14H2,1H3;1H. The summed E-state index contributed by atoms with van der Waals surface area (Å²) in [5, 5.41) is 3.39. The normalized spacial score (nSPS) is 12.6. The number of hydrogen-bond donors (Lipinski definition) is 1. The molecule has 1 aliphatic rings. The zero-order chi connectivity index (χ0) is 15.4. The Morgan fingerprint density at radius 2 is 1.91 bits per heavy atom. The number of carbonyl (C=O) groups is 1. The van der Waals surface area contributed by atoms with E-state index in [9.17, 15) is 4.79 Å². The molecule has 1 amide bonds. The quantitative estimate of drug-likeness (QED) is 0.914. The average Bonchev–Trinajstić information content (AvgIpc) is 2.59. The van der Waals surface area contributed by atoms with Crippen LogP contribution in [0, 0.1) is 0 Å². The van der Waals surface area contributed by atoms with Crippen LogP contribution in [-0.2, 0) is 13.0 Å². The highest BCUT2D eigenvalue weighted by atomic mass is 35.5. The summed E-state index contributed by atoms with van der Waals surface area (Å²) < 4.78 is 0. The van der Waals surface area contributed by atoms with E-state index in [1.165, 1.54) is 11.1 Å². The highest BCUT2D eigenvalue weighted by molar-refractivity contribution is 5.97. The van der Waals surface area contributed by atoms with Crippen molar-refractivity contribution in [3.05, 3.63) is 65.2 Å². The van der Waals surface area contributed by atoms with E-state index in [-0.39, 0.29) is 18.3 Å². The minimum Gasteiger partial charge on any atom is -0.385 e. The molecule has 3 rings (SSSR count). The molecule has 0 aromatic heterocycles. The monoisotopic (exact) mass is 330 g/mol. The molecule has 1 heterocycles. The fourth-order valence-electron chi connectivity index (χ4n) is 3.01. The Kier molecular flexibility index (Phi) is 6.05. The first-order chi connectivity index (χ1) is 10.8. The molecule has 122 valence electrons. The maximum Gasteiger partial charge on any atom is 0.254 e. The summed E-state index contributed by atoms with van der Waals surface area (Å²) in [4.78, 5) is 14.9. The van der Waals surface area contributed by atoms with Crippen LogP contribution in [-0.4, -0.2) is 23.9 Å². The third-order valence-corrected chi connectivity index (χ3v) is 4.21. The number of amides is 1. The molecule has 0 fully saturated rings. The van der Waals surface area contributed by atoms with Crippen molar-refractivity contribution in [1.29, 1.82) is 0 Å². The molecule has 0 radical (unpaired) electrons. The number of carbonyl (C=O) groups excluding carboxylic acids is 1. The summed E-state index contributed by atoms with van der Waals surface area (Å²) in [7, 11) is 0. The lowest BCUT2D eigenvalue weighted by atomic mass is 9.96. The minimum absolute atomic E-state index is 0. The smallest absolute Gasteiger partial charge is 0.254 e. The second-order valence-electron chi connectivity index (χ2n) is 5.67. The predicted molar refractivity (Wildman–Crippen MR) is 97.4 cm³/mol. The maximum atomic E-state index is 13.0. The zero-order valence-corrected chi connectivity index (χ0v) is 14.2. The number of nitrogens with one attached hydrogen (secondary N) is 1. The van der Waals surface area contributed by atoms with Crippen LogP contribution in [0.4, 0.5) is 5.69 Å². The van der Waals surface area contributed by atoms with Gasteiger partial charge in [0.2, 0.25) is 0 Å². The van der Waals surface area contributed by atoms with Crippen molar-refractivity contribution in [2.45, 2.75) is 26.3 Å². The lowest BCUT2D eigenvalue weighted by Gasteiger charge is -2.25. The van der Waals surface area contributed by atoms with Gasteiger partial charge in [-0.25, -0.2) is 0 Å².